The Morgan fingerprint density at radius 1 is 1.17 bits per heavy atom. The van der Waals surface area contributed by atoms with Crippen molar-refractivity contribution in [3.8, 4) is 0 Å². The van der Waals surface area contributed by atoms with E-state index < -0.39 is 0 Å². The summed E-state index contributed by atoms with van der Waals surface area (Å²) in [5, 5.41) is 2.90. The Kier molecular flexibility index (Phi) is 5.78. The zero-order chi connectivity index (χ0) is 17.9. The molecule has 0 saturated carbocycles. The Labute approximate surface area is 144 Å². The van der Waals surface area contributed by atoms with Crippen LogP contribution >= 0.6 is 0 Å². The van der Waals surface area contributed by atoms with Crippen molar-refractivity contribution in [1.82, 2.24) is 15.1 Å². The van der Waals surface area contributed by atoms with E-state index in [1.807, 2.05) is 18.2 Å². The van der Waals surface area contributed by atoms with E-state index in [9.17, 15) is 9.59 Å². The third-order valence-electron chi connectivity index (χ3n) is 4.36. The van der Waals surface area contributed by atoms with Crippen LogP contribution in [0.15, 0.2) is 30.8 Å². The molecule has 0 aromatic heterocycles. The summed E-state index contributed by atoms with van der Waals surface area (Å²) in [7, 11) is 0. The maximum atomic E-state index is 12.4. The molecule has 0 radical (unpaired) electrons. The third-order valence-corrected chi connectivity index (χ3v) is 4.36. The number of carbonyl (C=O) groups is 2. The number of fused-ring (bicyclic) bond motifs is 1. The molecule has 0 spiro atoms. The minimum Gasteiger partial charge on any atom is -0.353 e. The van der Waals surface area contributed by atoms with Crippen LogP contribution in [0.25, 0.3) is 5.70 Å². The molecule has 1 aromatic rings. The fraction of sp³-hybridized carbons (Fsp3) is 0.474. The Morgan fingerprint density at radius 2 is 1.75 bits per heavy atom. The topological polar surface area (TPSA) is 52.7 Å². The van der Waals surface area contributed by atoms with E-state index in [1.165, 1.54) is 4.90 Å². The van der Waals surface area contributed by atoms with Crippen LogP contribution < -0.4 is 5.32 Å². The van der Waals surface area contributed by atoms with Gasteiger partial charge in [0.2, 0.25) is 5.91 Å². The number of rotatable bonds is 7. The summed E-state index contributed by atoms with van der Waals surface area (Å²) in [6, 6.07) is 8.17. The summed E-state index contributed by atoms with van der Waals surface area (Å²) in [6.07, 6.45) is 0. The molecule has 1 heterocycles. The van der Waals surface area contributed by atoms with E-state index in [2.05, 4.69) is 44.5 Å². The molecule has 5 nitrogen and oxygen atoms in total. The monoisotopic (exact) mass is 329 g/mol. The number of nitrogens with zero attached hydrogens (tertiary/aromatic N) is 2. The Hall–Kier alpha value is -2.14. The minimum absolute atomic E-state index is 0.00963. The van der Waals surface area contributed by atoms with Crippen molar-refractivity contribution in [2.75, 3.05) is 19.6 Å². The summed E-state index contributed by atoms with van der Waals surface area (Å²) in [4.78, 5) is 28.3. The van der Waals surface area contributed by atoms with Gasteiger partial charge in [0.15, 0.2) is 0 Å². The van der Waals surface area contributed by atoms with Gasteiger partial charge in [-0.25, -0.2) is 0 Å². The molecule has 0 saturated heterocycles. The average Bonchev–Trinajstić information content (AvgIpc) is 2.76. The van der Waals surface area contributed by atoms with Crippen LogP contribution in [0.5, 0.6) is 0 Å². The van der Waals surface area contributed by atoms with Gasteiger partial charge < -0.3 is 5.32 Å². The minimum atomic E-state index is -0.162. The van der Waals surface area contributed by atoms with Crippen LogP contribution in [0, 0.1) is 0 Å². The Balaban J connectivity index is 1.88. The molecular formula is C19H27N3O2. The molecule has 0 unspecified atom stereocenters. The number of nitrogens with one attached hydrogen (secondary N) is 1. The second kappa shape index (κ2) is 7.62. The molecule has 0 fully saturated rings. The standard InChI is InChI=1S/C19H27N3O2/c1-13(2)21(14(3)4)11-10-20-18(23)12-22-15(5)16-8-6-7-9-17(16)19(22)24/h6-9,13-14H,5,10-12H2,1-4H3,(H,20,23). The van der Waals surface area contributed by atoms with Crippen molar-refractivity contribution in [2.45, 2.75) is 39.8 Å². The van der Waals surface area contributed by atoms with Crippen molar-refractivity contribution in [1.29, 1.82) is 0 Å². The van der Waals surface area contributed by atoms with Crippen LogP contribution in [0.1, 0.15) is 43.6 Å². The zero-order valence-corrected chi connectivity index (χ0v) is 15.0. The highest BCUT2D eigenvalue weighted by molar-refractivity contribution is 6.10. The predicted octanol–water partition coefficient (Wildman–Crippen LogP) is 2.35. The molecule has 24 heavy (non-hydrogen) atoms. The molecule has 1 aromatic carbocycles. The van der Waals surface area contributed by atoms with Crippen LogP contribution in [-0.4, -0.2) is 53.3 Å². The van der Waals surface area contributed by atoms with Gasteiger partial charge in [0.1, 0.15) is 6.54 Å². The van der Waals surface area contributed by atoms with Crippen LogP contribution in [0.2, 0.25) is 0 Å². The van der Waals surface area contributed by atoms with Gasteiger partial charge in [-0.3, -0.25) is 19.4 Å². The average molecular weight is 329 g/mol. The maximum Gasteiger partial charge on any atom is 0.259 e. The lowest BCUT2D eigenvalue weighted by atomic mass is 10.1. The molecule has 130 valence electrons. The number of hydrogen-bond acceptors (Lipinski definition) is 3. The van der Waals surface area contributed by atoms with Gasteiger partial charge in [-0.1, -0.05) is 24.8 Å². The third kappa shape index (κ3) is 3.85. The van der Waals surface area contributed by atoms with Crippen molar-refractivity contribution in [3.05, 3.63) is 42.0 Å². The first kappa shape index (κ1) is 18.2. The normalized spacial score (nSPS) is 14.0. The van der Waals surface area contributed by atoms with E-state index in [0.717, 1.165) is 12.1 Å². The summed E-state index contributed by atoms with van der Waals surface area (Å²) in [5.41, 5.74) is 2.01. The molecule has 0 bridgehead atoms. The molecule has 0 atom stereocenters. The first-order valence-electron chi connectivity index (χ1n) is 8.45. The lowest BCUT2D eigenvalue weighted by Gasteiger charge is -2.30. The highest BCUT2D eigenvalue weighted by atomic mass is 16.2. The Bertz CT molecular complexity index is 594. The number of benzene rings is 1. The first-order valence-corrected chi connectivity index (χ1v) is 8.45. The van der Waals surface area contributed by atoms with Crippen molar-refractivity contribution < 1.29 is 9.59 Å². The van der Waals surface area contributed by atoms with Gasteiger partial charge in [-0.15, -0.1) is 0 Å². The van der Waals surface area contributed by atoms with E-state index >= 15 is 0 Å². The quantitative estimate of drug-likeness (QED) is 0.835. The number of hydrogen-bond donors (Lipinski definition) is 1. The van der Waals surface area contributed by atoms with Crippen molar-refractivity contribution in [2.24, 2.45) is 0 Å². The summed E-state index contributed by atoms with van der Waals surface area (Å²) < 4.78 is 0. The SMILES string of the molecule is C=C1c2ccccc2C(=O)N1CC(=O)NCCN(C(C)C)C(C)C. The fourth-order valence-electron chi connectivity index (χ4n) is 3.14. The number of carbonyl (C=O) groups excluding carboxylic acids is 2. The molecule has 2 rings (SSSR count). The van der Waals surface area contributed by atoms with E-state index in [0.29, 0.717) is 29.9 Å². The lowest BCUT2D eigenvalue weighted by molar-refractivity contribution is -0.121. The van der Waals surface area contributed by atoms with Gasteiger partial charge >= 0.3 is 0 Å². The van der Waals surface area contributed by atoms with Crippen molar-refractivity contribution in [3.63, 3.8) is 0 Å². The van der Waals surface area contributed by atoms with Gasteiger partial charge in [-0.05, 0) is 33.8 Å². The second-order valence-corrected chi connectivity index (χ2v) is 6.66. The summed E-state index contributed by atoms with van der Waals surface area (Å²) in [5.74, 6) is -0.318. The van der Waals surface area contributed by atoms with Crippen LogP contribution in [-0.2, 0) is 4.79 Å². The zero-order valence-electron chi connectivity index (χ0n) is 15.0. The molecule has 0 aliphatic carbocycles. The molecule has 1 N–H and O–H groups in total. The van der Waals surface area contributed by atoms with E-state index in [-0.39, 0.29) is 18.4 Å². The maximum absolute atomic E-state index is 12.4. The van der Waals surface area contributed by atoms with E-state index in [1.54, 1.807) is 6.07 Å². The van der Waals surface area contributed by atoms with Gasteiger partial charge in [-0.2, -0.15) is 0 Å². The lowest BCUT2D eigenvalue weighted by Crippen LogP contribution is -2.44. The predicted molar refractivity (Wildman–Crippen MR) is 96.5 cm³/mol. The molecule has 5 heteroatoms. The molecule has 2 amide bonds. The van der Waals surface area contributed by atoms with Gasteiger partial charge in [0, 0.05) is 42.0 Å². The van der Waals surface area contributed by atoms with Crippen LogP contribution in [0.3, 0.4) is 0 Å². The fourth-order valence-corrected chi connectivity index (χ4v) is 3.14. The molecule has 1 aliphatic rings. The van der Waals surface area contributed by atoms with Gasteiger partial charge in [0.25, 0.3) is 5.91 Å². The highest BCUT2D eigenvalue weighted by Gasteiger charge is 2.31. The summed E-state index contributed by atoms with van der Waals surface area (Å²) in [6.45, 7) is 13.9. The molecular weight excluding hydrogens is 302 g/mol. The van der Waals surface area contributed by atoms with E-state index in [4.69, 9.17) is 0 Å². The molecule has 1 aliphatic heterocycles. The Morgan fingerprint density at radius 3 is 2.29 bits per heavy atom. The highest BCUT2D eigenvalue weighted by Crippen LogP contribution is 2.30. The van der Waals surface area contributed by atoms with Gasteiger partial charge in [0.05, 0.1) is 0 Å². The van der Waals surface area contributed by atoms with Crippen LogP contribution in [0.4, 0.5) is 0 Å². The largest absolute Gasteiger partial charge is 0.353 e. The summed E-state index contributed by atoms with van der Waals surface area (Å²) >= 11 is 0. The number of amides is 2. The second-order valence-electron chi connectivity index (χ2n) is 6.66. The first-order chi connectivity index (χ1) is 11.3. The van der Waals surface area contributed by atoms with Crippen molar-refractivity contribution >= 4 is 17.5 Å². The smallest absolute Gasteiger partial charge is 0.259 e.